The van der Waals surface area contributed by atoms with E-state index in [0.29, 0.717) is 5.84 Å². The monoisotopic (exact) mass is 316 g/mol. The first-order chi connectivity index (χ1) is 7.04. The van der Waals surface area contributed by atoms with Crippen molar-refractivity contribution >= 4 is 38.1 Å². The van der Waals surface area contributed by atoms with Crippen LogP contribution in [0.15, 0.2) is 29.4 Å². The third kappa shape index (κ3) is 1.64. The van der Waals surface area contributed by atoms with Crippen molar-refractivity contribution in [3.05, 3.63) is 24.4 Å². The van der Waals surface area contributed by atoms with Gasteiger partial charge in [0.25, 0.3) is 5.91 Å². The Hall–Kier alpha value is -0.980. The van der Waals surface area contributed by atoms with Gasteiger partial charge >= 0.3 is 0 Å². The van der Waals surface area contributed by atoms with Crippen LogP contribution in [-0.4, -0.2) is 26.0 Å². The summed E-state index contributed by atoms with van der Waals surface area (Å²) < 4.78 is -0.0390. The molecule has 2 heterocycles. The molecule has 4 nitrogen and oxygen atoms in total. The Morgan fingerprint density at radius 3 is 3.00 bits per heavy atom. The number of aliphatic imine (C=N–C) groups is 1. The molecule has 0 radical (unpaired) electrons. The molecule has 2 rings (SSSR count). The minimum atomic E-state index is -0.838. The van der Waals surface area contributed by atoms with Gasteiger partial charge in [-0.05, 0) is 41.7 Å². The molecule has 0 saturated heterocycles. The van der Waals surface area contributed by atoms with Gasteiger partial charge in [-0.3, -0.25) is 9.59 Å². The molecule has 15 heavy (non-hydrogen) atoms. The number of nitrogens with zero attached hydrogens (tertiary/aromatic N) is 2. The van der Waals surface area contributed by atoms with E-state index < -0.39 is 5.54 Å². The third-order valence-electron chi connectivity index (χ3n) is 2.53. The minimum absolute atomic E-state index is 0.0390. The Kier molecular flexibility index (Phi) is 2.49. The van der Waals surface area contributed by atoms with E-state index in [2.05, 4.69) is 4.99 Å². The van der Waals surface area contributed by atoms with Gasteiger partial charge in [0.05, 0.1) is 0 Å². The topological polar surface area (TPSA) is 49.7 Å². The van der Waals surface area contributed by atoms with Crippen molar-refractivity contribution in [2.24, 2.45) is 4.99 Å². The van der Waals surface area contributed by atoms with Crippen LogP contribution in [0.4, 0.5) is 0 Å². The predicted octanol–water partition coefficient (Wildman–Crippen LogP) is 1.42. The standard InChI is InChI=1S/C10H9IN2O2/c1-10(6-7(11)14)9(15)12-8-4-2-3-5-13(8)10/h2-5H,6H2,1H3. The Bertz CT molecular complexity index is 425. The first-order valence-corrected chi connectivity index (χ1v) is 5.57. The highest BCUT2D eigenvalue weighted by Crippen LogP contribution is 2.30. The summed E-state index contributed by atoms with van der Waals surface area (Å²) in [5.41, 5.74) is -0.838. The summed E-state index contributed by atoms with van der Waals surface area (Å²) in [6.07, 6.45) is 7.37. The molecule has 0 fully saturated rings. The highest BCUT2D eigenvalue weighted by Gasteiger charge is 2.46. The van der Waals surface area contributed by atoms with Gasteiger partial charge in [0, 0.05) is 12.6 Å². The molecular formula is C10H9IN2O2. The molecule has 0 aromatic rings. The van der Waals surface area contributed by atoms with Gasteiger partial charge in [0.2, 0.25) is 0 Å². The molecule has 1 atom stereocenters. The van der Waals surface area contributed by atoms with Crippen molar-refractivity contribution in [2.75, 3.05) is 0 Å². The SMILES string of the molecule is CC1(CC(=O)I)C(=O)N=C2C=CC=CN21. The average Bonchev–Trinajstić information content (AvgIpc) is 2.39. The minimum Gasteiger partial charge on any atom is -0.317 e. The van der Waals surface area contributed by atoms with Gasteiger partial charge in [0.1, 0.15) is 11.4 Å². The van der Waals surface area contributed by atoms with Crippen molar-refractivity contribution in [1.29, 1.82) is 0 Å². The molecule has 5 heteroatoms. The molecule has 0 N–H and O–H groups in total. The number of hydrogen-bond donors (Lipinski definition) is 0. The largest absolute Gasteiger partial charge is 0.317 e. The van der Waals surface area contributed by atoms with Gasteiger partial charge in [-0.1, -0.05) is 6.08 Å². The van der Waals surface area contributed by atoms with Gasteiger partial charge in [0.15, 0.2) is 3.79 Å². The lowest BCUT2D eigenvalue weighted by atomic mass is 9.96. The van der Waals surface area contributed by atoms with E-state index in [1.54, 1.807) is 46.7 Å². The summed E-state index contributed by atoms with van der Waals surface area (Å²) in [4.78, 5) is 28.6. The number of carbonyl (C=O) groups excluding carboxylic acids is 2. The molecule has 0 saturated carbocycles. The lowest BCUT2D eigenvalue weighted by Gasteiger charge is -2.31. The van der Waals surface area contributed by atoms with Crippen molar-refractivity contribution in [2.45, 2.75) is 18.9 Å². The zero-order valence-corrected chi connectivity index (χ0v) is 10.3. The molecule has 1 unspecified atom stereocenters. The predicted molar refractivity (Wildman–Crippen MR) is 64.6 cm³/mol. The van der Waals surface area contributed by atoms with Crippen LogP contribution >= 0.6 is 22.6 Å². The lowest BCUT2D eigenvalue weighted by molar-refractivity contribution is -0.127. The molecule has 2 aliphatic rings. The second-order valence-corrected chi connectivity index (χ2v) is 4.85. The fraction of sp³-hybridized carbons (Fsp3) is 0.300. The Balaban J connectivity index is 2.36. The Labute approximate surface area is 101 Å². The maximum absolute atomic E-state index is 11.7. The fourth-order valence-electron chi connectivity index (χ4n) is 1.70. The van der Waals surface area contributed by atoms with Crippen LogP contribution < -0.4 is 0 Å². The molecule has 0 aliphatic carbocycles. The fourth-order valence-corrected chi connectivity index (χ4v) is 2.44. The van der Waals surface area contributed by atoms with Crippen LogP contribution in [0.2, 0.25) is 0 Å². The summed E-state index contributed by atoms with van der Waals surface area (Å²) in [6, 6.07) is 0. The van der Waals surface area contributed by atoms with E-state index in [9.17, 15) is 9.59 Å². The summed E-state index contributed by atoms with van der Waals surface area (Å²) in [5, 5.41) is 0. The Morgan fingerprint density at radius 2 is 2.33 bits per heavy atom. The molecule has 0 aromatic carbocycles. The third-order valence-corrected chi connectivity index (χ3v) is 2.91. The van der Waals surface area contributed by atoms with Crippen LogP contribution in [0.1, 0.15) is 13.3 Å². The summed E-state index contributed by atoms with van der Waals surface area (Å²) in [7, 11) is 0. The number of rotatable bonds is 2. The van der Waals surface area contributed by atoms with Crippen LogP contribution in [0.25, 0.3) is 0 Å². The second-order valence-electron chi connectivity index (χ2n) is 3.65. The zero-order valence-electron chi connectivity index (χ0n) is 8.11. The maximum Gasteiger partial charge on any atom is 0.274 e. The van der Waals surface area contributed by atoms with E-state index in [4.69, 9.17) is 0 Å². The van der Waals surface area contributed by atoms with Crippen LogP contribution in [0.3, 0.4) is 0 Å². The number of amides is 1. The molecule has 2 aliphatic heterocycles. The van der Waals surface area contributed by atoms with Crippen LogP contribution in [0.5, 0.6) is 0 Å². The smallest absolute Gasteiger partial charge is 0.274 e. The van der Waals surface area contributed by atoms with Gasteiger partial charge < -0.3 is 4.90 Å². The second kappa shape index (κ2) is 3.55. The Morgan fingerprint density at radius 1 is 1.60 bits per heavy atom. The molecule has 1 amide bonds. The van der Waals surface area contributed by atoms with Gasteiger partial charge in [-0.25, -0.2) is 0 Å². The van der Waals surface area contributed by atoms with E-state index in [1.165, 1.54) is 0 Å². The van der Waals surface area contributed by atoms with E-state index in [0.717, 1.165) is 0 Å². The summed E-state index contributed by atoms with van der Waals surface area (Å²) >= 11 is 1.70. The molecule has 78 valence electrons. The van der Waals surface area contributed by atoms with E-state index in [1.807, 2.05) is 12.2 Å². The summed E-state index contributed by atoms with van der Waals surface area (Å²) in [6.45, 7) is 1.74. The number of carbonyl (C=O) groups is 2. The average molecular weight is 316 g/mol. The lowest BCUT2D eigenvalue weighted by Crippen LogP contribution is -2.47. The molecule has 0 aromatic heterocycles. The number of amidine groups is 1. The normalized spacial score (nSPS) is 28.0. The van der Waals surface area contributed by atoms with E-state index >= 15 is 0 Å². The molecule has 0 spiro atoms. The first kappa shape index (κ1) is 10.5. The van der Waals surface area contributed by atoms with Crippen molar-refractivity contribution in [3.63, 3.8) is 0 Å². The van der Waals surface area contributed by atoms with Crippen molar-refractivity contribution in [3.8, 4) is 0 Å². The van der Waals surface area contributed by atoms with Crippen LogP contribution in [0, 0.1) is 0 Å². The quantitative estimate of drug-likeness (QED) is 0.572. The number of allylic oxidation sites excluding steroid dienone is 2. The maximum atomic E-state index is 11.7. The van der Waals surface area contributed by atoms with Crippen molar-refractivity contribution in [1.82, 2.24) is 4.90 Å². The zero-order chi connectivity index (χ0) is 11.1. The van der Waals surface area contributed by atoms with Gasteiger partial charge in [-0.15, -0.1) is 0 Å². The number of fused-ring (bicyclic) bond motifs is 1. The summed E-state index contributed by atoms with van der Waals surface area (Å²) in [5.74, 6) is 0.362. The van der Waals surface area contributed by atoms with Crippen LogP contribution in [-0.2, 0) is 9.59 Å². The molecular weight excluding hydrogens is 307 g/mol. The highest BCUT2D eigenvalue weighted by atomic mass is 127. The van der Waals surface area contributed by atoms with Gasteiger partial charge in [-0.2, -0.15) is 4.99 Å². The van der Waals surface area contributed by atoms with Crippen molar-refractivity contribution < 1.29 is 9.59 Å². The van der Waals surface area contributed by atoms with E-state index in [-0.39, 0.29) is 16.1 Å². The number of hydrogen-bond acceptors (Lipinski definition) is 3. The molecule has 0 bridgehead atoms. The highest BCUT2D eigenvalue weighted by molar-refractivity contribution is 14.1. The number of halogens is 1. The first-order valence-electron chi connectivity index (χ1n) is 4.50.